The van der Waals surface area contributed by atoms with Gasteiger partial charge in [-0.1, -0.05) is 19.9 Å². The van der Waals surface area contributed by atoms with Crippen LogP contribution >= 0.6 is 0 Å². The summed E-state index contributed by atoms with van der Waals surface area (Å²) in [4.78, 5) is 23.5. The monoisotopic (exact) mass is 330 g/mol. The Morgan fingerprint density at radius 3 is 2.83 bits per heavy atom. The predicted molar refractivity (Wildman–Crippen MR) is 89.0 cm³/mol. The van der Waals surface area contributed by atoms with E-state index in [2.05, 4.69) is 19.9 Å². The Labute approximate surface area is 143 Å². The van der Waals surface area contributed by atoms with Gasteiger partial charge in [-0.2, -0.15) is 0 Å². The third-order valence-corrected chi connectivity index (χ3v) is 7.34. The molecule has 4 aliphatic rings. The zero-order chi connectivity index (χ0) is 16.9. The highest BCUT2D eigenvalue weighted by atomic mass is 16.5. The summed E-state index contributed by atoms with van der Waals surface area (Å²) in [5.74, 6) is 0.802. The van der Waals surface area contributed by atoms with Crippen LogP contribution in [0.5, 0.6) is 0 Å². The van der Waals surface area contributed by atoms with Gasteiger partial charge in [0.2, 0.25) is 0 Å². The molecular formula is C20H26O4. The predicted octanol–water partition coefficient (Wildman–Crippen LogP) is 3.57. The van der Waals surface area contributed by atoms with E-state index >= 15 is 0 Å². The first kappa shape index (κ1) is 15.9. The minimum Gasteiger partial charge on any atom is -0.461 e. The van der Waals surface area contributed by atoms with Gasteiger partial charge in [-0.15, -0.1) is 0 Å². The van der Waals surface area contributed by atoms with Crippen LogP contribution < -0.4 is 0 Å². The van der Waals surface area contributed by atoms with Crippen molar-refractivity contribution < 1.29 is 19.1 Å². The quantitative estimate of drug-likeness (QED) is 0.742. The molecule has 0 N–H and O–H groups in total. The molecular weight excluding hydrogens is 304 g/mol. The number of ether oxygens (including phenoxy) is 2. The Hall–Kier alpha value is -1.58. The molecule has 0 aromatic heterocycles. The van der Waals surface area contributed by atoms with Crippen LogP contribution in [-0.2, 0) is 19.1 Å². The van der Waals surface area contributed by atoms with Crippen LogP contribution in [-0.4, -0.2) is 25.2 Å². The summed E-state index contributed by atoms with van der Waals surface area (Å²) in [6.07, 6.45) is 10.1. The molecule has 4 heteroatoms. The molecule has 1 saturated carbocycles. The van der Waals surface area contributed by atoms with Gasteiger partial charge < -0.3 is 9.47 Å². The van der Waals surface area contributed by atoms with Crippen LogP contribution in [0.15, 0.2) is 23.3 Å². The zero-order valence-electron chi connectivity index (χ0n) is 14.6. The van der Waals surface area contributed by atoms with Crippen molar-refractivity contribution in [1.29, 1.82) is 0 Å². The fourth-order valence-corrected chi connectivity index (χ4v) is 5.70. The maximum absolute atomic E-state index is 12.2. The Bertz CT molecular complexity index is 646. The number of rotatable bonds is 3. The Balaban J connectivity index is 1.61. The largest absolute Gasteiger partial charge is 0.461 e. The molecule has 0 unspecified atom stereocenters. The maximum Gasteiger partial charge on any atom is 0.334 e. The van der Waals surface area contributed by atoms with Crippen molar-refractivity contribution >= 4 is 11.9 Å². The van der Waals surface area contributed by atoms with Crippen molar-refractivity contribution in [3.05, 3.63) is 23.3 Å². The fraction of sp³-hybridized carbons (Fsp3) is 0.700. The van der Waals surface area contributed by atoms with E-state index < -0.39 is 0 Å². The van der Waals surface area contributed by atoms with Gasteiger partial charge in [-0.3, -0.25) is 0 Å². The molecule has 2 aliphatic carbocycles. The summed E-state index contributed by atoms with van der Waals surface area (Å²) in [6, 6.07) is 0. The second kappa shape index (κ2) is 5.47. The van der Waals surface area contributed by atoms with Crippen LogP contribution in [0.3, 0.4) is 0 Å². The molecule has 24 heavy (non-hydrogen) atoms. The highest BCUT2D eigenvalue weighted by molar-refractivity contribution is 5.92. The molecule has 0 aromatic rings. The van der Waals surface area contributed by atoms with Crippen LogP contribution in [0.25, 0.3) is 0 Å². The molecule has 4 nitrogen and oxygen atoms in total. The summed E-state index contributed by atoms with van der Waals surface area (Å²) in [5, 5.41) is 0. The van der Waals surface area contributed by atoms with Gasteiger partial charge in [-0.25, -0.2) is 9.59 Å². The molecule has 0 aromatic carbocycles. The van der Waals surface area contributed by atoms with Crippen LogP contribution in [0, 0.1) is 22.7 Å². The van der Waals surface area contributed by atoms with E-state index in [1.165, 1.54) is 0 Å². The second-order valence-electron chi connectivity index (χ2n) is 8.34. The number of esters is 2. The summed E-state index contributed by atoms with van der Waals surface area (Å²) in [7, 11) is 0. The van der Waals surface area contributed by atoms with Crippen molar-refractivity contribution in [3.63, 3.8) is 0 Å². The maximum atomic E-state index is 12.2. The van der Waals surface area contributed by atoms with Crippen LogP contribution in [0.2, 0.25) is 0 Å². The first-order valence-corrected chi connectivity index (χ1v) is 9.20. The second-order valence-corrected chi connectivity index (χ2v) is 8.34. The summed E-state index contributed by atoms with van der Waals surface area (Å²) < 4.78 is 10.5. The fourth-order valence-electron chi connectivity index (χ4n) is 5.70. The average molecular weight is 330 g/mol. The van der Waals surface area contributed by atoms with Crippen LogP contribution in [0.4, 0.5) is 0 Å². The Morgan fingerprint density at radius 2 is 2.08 bits per heavy atom. The molecule has 4 atom stereocenters. The first-order valence-electron chi connectivity index (χ1n) is 9.20. The number of allylic oxidation sites excluding steroid dienone is 1. The van der Waals surface area contributed by atoms with Gasteiger partial charge in [0.1, 0.15) is 13.2 Å². The lowest BCUT2D eigenvalue weighted by Gasteiger charge is -2.56. The smallest absolute Gasteiger partial charge is 0.334 e. The normalized spacial score (nSPS) is 41.1. The number of cyclic esters (lactones) is 2. The van der Waals surface area contributed by atoms with Gasteiger partial charge in [-0.05, 0) is 61.3 Å². The lowest BCUT2D eigenvalue weighted by Crippen LogP contribution is -2.51. The Kier molecular flexibility index (Phi) is 3.63. The van der Waals surface area contributed by atoms with Gasteiger partial charge in [0.15, 0.2) is 0 Å². The van der Waals surface area contributed by atoms with E-state index in [9.17, 15) is 9.59 Å². The molecule has 0 amide bonds. The van der Waals surface area contributed by atoms with E-state index in [1.54, 1.807) is 6.08 Å². The van der Waals surface area contributed by atoms with Gasteiger partial charge in [0, 0.05) is 17.1 Å². The highest BCUT2D eigenvalue weighted by Gasteiger charge is 2.60. The van der Waals surface area contributed by atoms with E-state index in [0.29, 0.717) is 25.0 Å². The molecule has 130 valence electrons. The van der Waals surface area contributed by atoms with Gasteiger partial charge in [0.25, 0.3) is 0 Å². The van der Waals surface area contributed by atoms with Gasteiger partial charge >= 0.3 is 11.9 Å². The molecule has 1 spiro atoms. The van der Waals surface area contributed by atoms with Gasteiger partial charge in [0.05, 0.1) is 0 Å². The van der Waals surface area contributed by atoms with E-state index in [1.807, 2.05) is 0 Å². The van der Waals surface area contributed by atoms with E-state index in [0.717, 1.165) is 49.7 Å². The number of carbonyl (C=O) groups excluding carboxylic acids is 2. The van der Waals surface area contributed by atoms with Crippen molar-refractivity contribution in [2.24, 2.45) is 22.7 Å². The van der Waals surface area contributed by atoms with Crippen molar-refractivity contribution in [2.75, 3.05) is 13.2 Å². The van der Waals surface area contributed by atoms with E-state index in [4.69, 9.17) is 9.47 Å². The molecule has 0 bridgehead atoms. The van der Waals surface area contributed by atoms with Crippen molar-refractivity contribution in [2.45, 2.75) is 52.4 Å². The lowest BCUT2D eigenvalue weighted by molar-refractivity contribution is -0.136. The van der Waals surface area contributed by atoms with Crippen LogP contribution in [0.1, 0.15) is 52.4 Å². The van der Waals surface area contributed by atoms with Crippen molar-refractivity contribution in [1.82, 2.24) is 0 Å². The third-order valence-electron chi connectivity index (χ3n) is 7.34. The number of carbonyl (C=O) groups is 2. The summed E-state index contributed by atoms with van der Waals surface area (Å²) in [6.45, 7) is 5.77. The third kappa shape index (κ3) is 2.18. The highest BCUT2D eigenvalue weighted by Crippen LogP contribution is 2.63. The zero-order valence-corrected chi connectivity index (χ0v) is 14.6. The molecule has 1 saturated heterocycles. The SMILES string of the molecule is C[C@H]1CC[C@@]23COC(=O)C2=CCC[C@H]3[C@]1(C)CCC1=CC(=O)OC1. The lowest BCUT2D eigenvalue weighted by atomic mass is 9.47. The molecule has 2 aliphatic heterocycles. The molecule has 2 heterocycles. The van der Waals surface area contributed by atoms with Crippen molar-refractivity contribution in [3.8, 4) is 0 Å². The summed E-state index contributed by atoms with van der Waals surface area (Å²) in [5.41, 5.74) is 2.17. The molecule has 4 rings (SSSR count). The van der Waals surface area contributed by atoms with E-state index in [-0.39, 0.29) is 22.8 Å². The topological polar surface area (TPSA) is 52.6 Å². The first-order chi connectivity index (χ1) is 11.5. The standard InChI is InChI=1S/C20H26O4/c1-13-6-9-20-12-24-18(22)15(20)4-3-5-16(20)19(13,2)8-7-14-10-17(21)23-11-14/h4,10,13,16H,3,5-9,11-12H2,1-2H3/t13-,16-,19+,20+/m0/s1. The number of hydrogen-bond acceptors (Lipinski definition) is 4. The Morgan fingerprint density at radius 1 is 1.25 bits per heavy atom. The molecule has 0 radical (unpaired) electrons. The summed E-state index contributed by atoms with van der Waals surface area (Å²) >= 11 is 0. The molecule has 2 fully saturated rings. The minimum absolute atomic E-state index is 0.0625. The minimum atomic E-state index is -0.207. The number of hydrogen-bond donors (Lipinski definition) is 0. The average Bonchev–Trinajstić information content (AvgIpc) is 3.13.